The van der Waals surface area contributed by atoms with Crippen molar-refractivity contribution < 1.29 is 0 Å². The lowest BCUT2D eigenvalue weighted by atomic mass is 10.0. The monoisotopic (exact) mass is 326 g/mol. The third-order valence-corrected chi connectivity index (χ3v) is 4.76. The first-order chi connectivity index (χ1) is 11.4. The molecule has 140 valence electrons. The Balaban J connectivity index is 2.92. The van der Waals surface area contributed by atoms with Gasteiger partial charge in [-0.2, -0.15) is 0 Å². The van der Waals surface area contributed by atoms with E-state index in [4.69, 9.17) is 5.73 Å². The molecule has 0 saturated heterocycles. The molecule has 0 unspecified atom stereocenters. The first-order valence-electron chi connectivity index (χ1n) is 10.8. The quantitative estimate of drug-likeness (QED) is 0.262. The van der Waals surface area contributed by atoms with Crippen LogP contribution in [-0.4, -0.2) is 19.6 Å². The highest BCUT2D eigenvalue weighted by Crippen LogP contribution is 2.13. The number of rotatable bonds is 20. The minimum absolute atomic E-state index is 0.811. The molecule has 0 heterocycles. The van der Waals surface area contributed by atoms with Gasteiger partial charge in [0.15, 0.2) is 0 Å². The molecular weight excluding hydrogens is 280 g/mol. The molecule has 0 bridgehead atoms. The average Bonchev–Trinajstić information content (AvgIpc) is 2.57. The number of nitrogens with one attached hydrogen (secondary N) is 1. The lowest BCUT2D eigenvalue weighted by molar-refractivity contribution is 0.524. The number of hydrogen-bond donors (Lipinski definition) is 2. The van der Waals surface area contributed by atoms with Crippen molar-refractivity contribution in [2.75, 3.05) is 19.6 Å². The van der Waals surface area contributed by atoms with Gasteiger partial charge in [0.05, 0.1) is 0 Å². The fraction of sp³-hybridized carbons (Fsp3) is 1.00. The van der Waals surface area contributed by atoms with Crippen LogP contribution in [-0.2, 0) is 0 Å². The summed E-state index contributed by atoms with van der Waals surface area (Å²) in [5.41, 5.74) is 5.47. The molecule has 2 heteroatoms. The minimum atomic E-state index is 0.811. The first-order valence-corrected chi connectivity index (χ1v) is 10.8. The van der Waals surface area contributed by atoms with Crippen LogP contribution in [0.25, 0.3) is 0 Å². The zero-order valence-electron chi connectivity index (χ0n) is 16.2. The summed E-state index contributed by atoms with van der Waals surface area (Å²) >= 11 is 0. The van der Waals surface area contributed by atoms with E-state index in [9.17, 15) is 0 Å². The fourth-order valence-corrected chi connectivity index (χ4v) is 3.15. The van der Waals surface area contributed by atoms with Crippen molar-refractivity contribution in [2.24, 2.45) is 5.73 Å². The predicted molar refractivity (Wildman–Crippen MR) is 106 cm³/mol. The van der Waals surface area contributed by atoms with Crippen molar-refractivity contribution >= 4 is 0 Å². The molecule has 0 aliphatic heterocycles. The molecule has 0 aromatic heterocycles. The Morgan fingerprint density at radius 3 is 1.22 bits per heavy atom. The molecule has 0 rings (SSSR count). The molecule has 2 nitrogen and oxygen atoms in total. The summed E-state index contributed by atoms with van der Waals surface area (Å²) in [5.74, 6) is 0. The van der Waals surface area contributed by atoms with E-state index < -0.39 is 0 Å². The Morgan fingerprint density at radius 2 is 0.826 bits per heavy atom. The Bertz CT molecular complexity index is 174. The first kappa shape index (κ1) is 22.9. The molecule has 0 spiro atoms. The molecular formula is C21H46N2. The summed E-state index contributed by atoms with van der Waals surface area (Å²) in [6.07, 6.45) is 24.2. The molecule has 0 aromatic rings. The summed E-state index contributed by atoms with van der Waals surface area (Å²) < 4.78 is 0. The second kappa shape index (κ2) is 21.9. The molecule has 0 aliphatic carbocycles. The topological polar surface area (TPSA) is 38.0 Å². The van der Waals surface area contributed by atoms with Gasteiger partial charge in [0, 0.05) is 0 Å². The number of hydrogen-bond acceptors (Lipinski definition) is 2. The summed E-state index contributed by atoms with van der Waals surface area (Å²) in [5, 5.41) is 3.46. The lowest BCUT2D eigenvalue weighted by Crippen LogP contribution is -2.19. The second-order valence-electron chi connectivity index (χ2n) is 7.20. The Hall–Kier alpha value is -0.0800. The van der Waals surface area contributed by atoms with Crippen LogP contribution in [0.4, 0.5) is 0 Å². The maximum atomic E-state index is 5.47. The molecule has 0 aromatic carbocycles. The van der Waals surface area contributed by atoms with Crippen LogP contribution in [0.15, 0.2) is 0 Å². The highest BCUT2D eigenvalue weighted by atomic mass is 14.8. The largest absolute Gasteiger partial charge is 0.330 e. The van der Waals surface area contributed by atoms with Gasteiger partial charge in [-0.25, -0.2) is 0 Å². The van der Waals surface area contributed by atoms with Crippen molar-refractivity contribution in [3.05, 3.63) is 0 Å². The van der Waals surface area contributed by atoms with E-state index in [0.717, 1.165) is 19.5 Å². The Labute approximate surface area is 147 Å². The lowest BCUT2D eigenvalue weighted by Gasteiger charge is -2.04. The summed E-state index contributed by atoms with van der Waals surface area (Å²) in [6, 6.07) is 0. The minimum Gasteiger partial charge on any atom is -0.330 e. The van der Waals surface area contributed by atoms with E-state index >= 15 is 0 Å². The van der Waals surface area contributed by atoms with Crippen LogP contribution in [0.1, 0.15) is 116 Å². The van der Waals surface area contributed by atoms with Gasteiger partial charge in [-0.15, -0.1) is 0 Å². The summed E-state index contributed by atoms with van der Waals surface area (Å²) in [4.78, 5) is 0. The molecule has 23 heavy (non-hydrogen) atoms. The van der Waals surface area contributed by atoms with E-state index in [1.165, 1.54) is 109 Å². The molecule has 0 radical (unpaired) electrons. The highest BCUT2D eigenvalue weighted by Gasteiger charge is 1.94. The van der Waals surface area contributed by atoms with Crippen molar-refractivity contribution in [1.29, 1.82) is 0 Å². The van der Waals surface area contributed by atoms with Gasteiger partial charge in [-0.3, -0.25) is 0 Å². The predicted octanol–water partition coefficient (Wildman–Crippen LogP) is 6.19. The van der Waals surface area contributed by atoms with Gasteiger partial charge in [0.2, 0.25) is 0 Å². The van der Waals surface area contributed by atoms with Crippen molar-refractivity contribution in [2.45, 2.75) is 116 Å². The normalized spacial score (nSPS) is 11.2. The van der Waals surface area contributed by atoms with Crippen LogP contribution in [0.3, 0.4) is 0 Å². The van der Waals surface area contributed by atoms with Gasteiger partial charge in [0.25, 0.3) is 0 Å². The molecule has 0 atom stereocenters. The van der Waals surface area contributed by atoms with E-state index in [-0.39, 0.29) is 0 Å². The Morgan fingerprint density at radius 1 is 0.478 bits per heavy atom. The number of nitrogens with two attached hydrogens (primary N) is 1. The summed E-state index contributed by atoms with van der Waals surface area (Å²) in [6.45, 7) is 5.38. The standard InChI is InChI=1S/C21H46N2/c1-2-3-4-5-6-7-8-9-10-11-12-13-14-15-16-17-20-23-21-18-19-22/h23H,2-22H2,1H3. The van der Waals surface area contributed by atoms with Crippen molar-refractivity contribution in [3.63, 3.8) is 0 Å². The van der Waals surface area contributed by atoms with Crippen molar-refractivity contribution in [3.8, 4) is 0 Å². The molecule has 3 N–H and O–H groups in total. The van der Waals surface area contributed by atoms with Crippen LogP contribution in [0.2, 0.25) is 0 Å². The van der Waals surface area contributed by atoms with Crippen LogP contribution >= 0.6 is 0 Å². The third-order valence-electron chi connectivity index (χ3n) is 4.76. The van der Waals surface area contributed by atoms with E-state index in [1.807, 2.05) is 0 Å². The molecule has 0 fully saturated rings. The SMILES string of the molecule is CCCCCCCCCCCCCCCCCCNCCCN. The van der Waals surface area contributed by atoms with E-state index in [2.05, 4.69) is 12.2 Å². The van der Waals surface area contributed by atoms with E-state index in [1.54, 1.807) is 0 Å². The maximum Gasteiger partial charge on any atom is -0.00369 e. The maximum absolute atomic E-state index is 5.47. The van der Waals surface area contributed by atoms with Gasteiger partial charge in [-0.1, -0.05) is 103 Å². The second-order valence-corrected chi connectivity index (χ2v) is 7.20. The average molecular weight is 327 g/mol. The van der Waals surface area contributed by atoms with E-state index in [0.29, 0.717) is 0 Å². The summed E-state index contributed by atoms with van der Waals surface area (Å²) in [7, 11) is 0. The Kier molecular flexibility index (Phi) is 21.8. The number of unbranched alkanes of at least 4 members (excludes halogenated alkanes) is 15. The molecule has 0 saturated carbocycles. The highest BCUT2D eigenvalue weighted by molar-refractivity contribution is 4.52. The van der Waals surface area contributed by atoms with Crippen LogP contribution < -0.4 is 11.1 Å². The smallest absolute Gasteiger partial charge is 0.00369 e. The van der Waals surface area contributed by atoms with Gasteiger partial charge in [-0.05, 0) is 32.5 Å². The molecule has 0 amide bonds. The zero-order valence-corrected chi connectivity index (χ0v) is 16.2. The van der Waals surface area contributed by atoms with Gasteiger partial charge >= 0.3 is 0 Å². The third kappa shape index (κ3) is 21.9. The van der Waals surface area contributed by atoms with Crippen molar-refractivity contribution in [1.82, 2.24) is 5.32 Å². The van der Waals surface area contributed by atoms with Gasteiger partial charge < -0.3 is 11.1 Å². The molecule has 0 aliphatic rings. The fourth-order valence-electron chi connectivity index (χ4n) is 3.15. The van der Waals surface area contributed by atoms with Crippen LogP contribution in [0.5, 0.6) is 0 Å². The van der Waals surface area contributed by atoms with Crippen LogP contribution in [0, 0.1) is 0 Å². The zero-order chi connectivity index (χ0) is 16.8. The van der Waals surface area contributed by atoms with Gasteiger partial charge in [0.1, 0.15) is 0 Å².